The fourth-order valence-corrected chi connectivity index (χ4v) is 3.48. The highest BCUT2D eigenvalue weighted by Crippen LogP contribution is 2.34. The molecule has 1 saturated carbocycles. The van der Waals surface area contributed by atoms with Crippen molar-refractivity contribution in [2.75, 3.05) is 26.7 Å². The van der Waals surface area contributed by atoms with Crippen LogP contribution in [0.4, 0.5) is 0 Å². The normalized spacial score (nSPS) is 28.2. The number of aldehydes is 1. The van der Waals surface area contributed by atoms with Crippen LogP contribution < -0.4 is 0 Å². The minimum absolute atomic E-state index is 0.0795. The summed E-state index contributed by atoms with van der Waals surface area (Å²) < 4.78 is 5.67. The average Bonchev–Trinajstić information content (AvgIpc) is 2.74. The van der Waals surface area contributed by atoms with Gasteiger partial charge in [-0.3, -0.25) is 0 Å². The molecule has 0 aromatic rings. The van der Waals surface area contributed by atoms with E-state index in [4.69, 9.17) is 4.74 Å². The van der Waals surface area contributed by atoms with E-state index in [9.17, 15) is 4.79 Å². The van der Waals surface area contributed by atoms with E-state index in [2.05, 4.69) is 11.9 Å². The minimum Gasteiger partial charge on any atom is -0.377 e. The van der Waals surface area contributed by atoms with Crippen molar-refractivity contribution >= 4 is 6.29 Å². The SMILES string of the molecule is CN(CC1CCCO1)CC1(C=O)CCCCCC1. The molecule has 0 radical (unpaired) electrons. The maximum atomic E-state index is 11.5. The summed E-state index contributed by atoms with van der Waals surface area (Å²) in [5.74, 6) is 0. The Hall–Kier alpha value is -0.410. The van der Waals surface area contributed by atoms with Gasteiger partial charge in [-0.05, 0) is 32.7 Å². The Kier molecular flexibility index (Phi) is 5.19. The number of hydrogen-bond acceptors (Lipinski definition) is 3. The second-order valence-corrected chi connectivity index (χ2v) is 6.23. The lowest BCUT2D eigenvalue weighted by Crippen LogP contribution is -2.40. The Morgan fingerprint density at radius 3 is 2.50 bits per heavy atom. The summed E-state index contributed by atoms with van der Waals surface area (Å²) in [4.78, 5) is 13.9. The lowest BCUT2D eigenvalue weighted by molar-refractivity contribution is -0.118. The van der Waals surface area contributed by atoms with Crippen molar-refractivity contribution in [3.63, 3.8) is 0 Å². The van der Waals surface area contributed by atoms with Gasteiger partial charge in [0.15, 0.2) is 0 Å². The zero-order valence-corrected chi connectivity index (χ0v) is 11.7. The van der Waals surface area contributed by atoms with Gasteiger partial charge in [-0.25, -0.2) is 0 Å². The molecule has 2 rings (SSSR count). The Balaban J connectivity index is 1.85. The maximum absolute atomic E-state index is 11.5. The highest BCUT2D eigenvalue weighted by Gasteiger charge is 2.32. The van der Waals surface area contributed by atoms with Gasteiger partial charge in [0, 0.05) is 25.1 Å². The van der Waals surface area contributed by atoms with E-state index in [1.807, 2.05) is 0 Å². The van der Waals surface area contributed by atoms with Crippen LogP contribution in [-0.2, 0) is 9.53 Å². The largest absolute Gasteiger partial charge is 0.377 e. The van der Waals surface area contributed by atoms with Crippen molar-refractivity contribution in [3.05, 3.63) is 0 Å². The van der Waals surface area contributed by atoms with E-state index in [0.717, 1.165) is 32.5 Å². The first-order valence-corrected chi connectivity index (χ1v) is 7.51. The number of hydrogen-bond donors (Lipinski definition) is 0. The van der Waals surface area contributed by atoms with Gasteiger partial charge in [-0.15, -0.1) is 0 Å². The molecule has 2 fully saturated rings. The molecule has 1 unspecified atom stereocenters. The first kappa shape index (κ1) is 14.0. The van der Waals surface area contributed by atoms with Crippen LogP contribution in [0.5, 0.6) is 0 Å². The van der Waals surface area contributed by atoms with Crippen molar-refractivity contribution in [1.82, 2.24) is 4.90 Å². The molecule has 18 heavy (non-hydrogen) atoms. The van der Waals surface area contributed by atoms with Crippen LogP contribution in [-0.4, -0.2) is 44.0 Å². The summed E-state index contributed by atoms with van der Waals surface area (Å²) in [6, 6.07) is 0. The summed E-state index contributed by atoms with van der Waals surface area (Å²) in [7, 11) is 2.14. The van der Waals surface area contributed by atoms with Crippen LogP contribution in [0.3, 0.4) is 0 Å². The maximum Gasteiger partial charge on any atom is 0.127 e. The zero-order chi connectivity index (χ0) is 12.8. The van der Waals surface area contributed by atoms with Crippen LogP contribution in [0.15, 0.2) is 0 Å². The molecule has 104 valence electrons. The monoisotopic (exact) mass is 253 g/mol. The van der Waals surface area contributed by atoms with E-state index in [1.165, 1.54) is 44.8 Å². The summed E-state index contributed by atoms with van der Waals surface area (Å²) >= 11 is 0. The number of rotatable bonds is 5. The molecule has 3 nitrogen and oxygen atoms in total. The molecule has 0 N–H and O–H groups in total. The summed E-state index contributed by atoms with van der Waals surface area (Å²) in [6.07, 6.45) is 11.2. The molecule has 1 atom stereocenters. The summed E-state index contributed by atoms with van der Waals surface area (Å²) in [5.41, 5.74) is -0.0795. The van der Waals surface area contributed by atoms with Crippen LogP contribution >= 0.6 is 0 Å². The second kappa shape index (κ2) is 6.67. The van der Waals surface area contributed by atoms with E-state index in [0.29, 0.717) is 6.10 Å². The van der Waals surface area contributed by atoms with Gasteiger partial charge in [0.2, 0.25) is 0 Å². The fourth-order valence-electron chi connectivity index (χ4n) is 3.48. The van der Waals surface area contributed by atoms with Gasteiger partial charge < -0.3 is 14.4 Å². The van der Waals surface area contributed by atoms with Gasteiger partial charge in [-0.1, -0.05) is 25.7 Å². The zero-order valence-electron chi connectivity index (χ0n) is 11.7. The van der Waals surface area contributed by atoms with Crippen molar-refractivity contribution in [3.8, 4) is 0 Å². The molecule has 0 spiro atoms. The number of likely N-dealkylation sites (N-methyl/N-ethyl adjacent to an activating group) is 1. The average molecular weight is 253 g/mol. The highest BCUT2D eigenvalue weighted by molar-refractivity contribution is 5.59. The van der Waals surface area contributed by atoms with Crippen LogP contribution in [0, 0.1) is 5.41 Å². The topological polar surface area (TPSA) is 29.5 Å². The molecule has 0 aromatic heterocycles. The molecular formula is C15H27NO2. The molecule has 1 heterocycles. The predicted molar refractivity (Wildman–Crippen MR) is 72.7 cm³/mol. The molecule has 1 saturated heterocycles. The predicted octanol–water partition coefficient (Wildman–Crippen LogP) is 2.64. The number of carbonyl (C=O) groups is 1. The number of nitrogens with zero attached hydrogens (tertiary/aromatic N) is 1. The lowest BCUT2D eigenvalue weighted by Gasteiger charge is -2.32. The van der Waals surface area contributed by atoms with E-state index in [1.54, 1.807) is 0 Å². The molecular weight excluding hydrogens is 226 g/mol. The van der Waals surface area contributed by atoms with Crippen molar-refractivity contribution in [1.29, 1.82) is 0 Å². The van der Waals surface area contributed by atoms with Gasteiger partial charge >= 0.3 is 0 Å². The number of ether oxygens (including phenoxy) is 1. The lowest BCUT2D eigenvalue weighted by atomic mass is 9.81. The molecule has 3 heteroatoms. The summed E-state index contributed by atoms with van der Waals surface area (Å²) in [6.45, 7) is 2.81. The van der Waals surface area contributed by atoms with Gasteiger partial charge in [0.25, 0.3) is 0 Å². The Bertz CT molecular complexity index is 253. The molecule has 2 aliphatic rings. The van der Waals surface area contributed by atoms with E-state index >= 15 is 0 Å². The van der Waals surface area contributed by atoms with Crippen molar-refractivity contribution < 1.29 is 9.53 Å². The van der Waals surface area contributed by atoms with Crippen LogP contribution in [0.25, 0.3) is 0 Å². The number of carbonyl (C=O) groups excluding carboxylic acids is 1. The first-order chi connectivity index (χ1) is 8.74. The van der Waals surface area contributed by atoms with Crippen LogP contribution in [0.1, 0.15) is 51.4 Å². The van der Waals surface area contributed by atoms with Crippen LogP contribution in [0.2, 0.25) is 0 Å². The molecule has 1 aliphatic heterocycles. The molecule has 0 aromatic carbocycles. The van der Waals surface area contributed by atoms with Gasteiger partial charge in [0.05, 0.1) is 6.10 Å². The van der Waals surface area contributed by atoms with Gasteiger partial charge in [-0.2, -0.15) is 0 Å². The highest BCUT2D eigenvalue weighted by atomic mass is 16.5. The first-order valence-electron chi connectivity index (χ1n) is 7.51. The van der Waals surface area contributed by atoms with Gasteiger partial charge in [0.1, 0.15) is 6.29 Å². The van der Waals surface area contributed by atoms with E-state index in [-0.39, 0.29) is 5.41 Å². The minimum atomic E-state index is -0.0795. The van der Waals surface area contributed by atoms with Crippen molar-refractivity contribution in [2.45, 2.75) is 57.5 Å². The molecule has 0 bridgehead atoms. The molecule has 1 aliphatic carbocycles. The standard InChI is InChI=1S/C15H27NO2/c1-16(11-14-7-6-10-18-14)12-15(13-17)8-4-2-3-5-9-15/h13-14H,2-12H2,1H3. The fraction of sp³-hybridized carbons (Fsp3) is 0.933. The third-order valence-electron chi connectivity index (χ3n) is 4.47. The third kappa shape index (κ3) is 3.79. The molecule has 0 amide bonds. The smallest absolute Gasteiger partial charge is 0.127 e. The van der Waals surface area contributed by atoms with E-state index < -0.39 is 0 Å². The Morgan fingerprint density at radius 1 is 1.22 bits per heavy atom. The summed E-state index contributed by atoms with van der Waals surface area (Å²) in [5, 5.41) is 0. The quantitative estimate of drug-likeness (QED) is 0.557. The second-order valence-electron chi connectivity index (χ2n) is 6.23. The Labute approximate surface area is 111 Å². The Morgan fingerprint density at radius 2 is 1.94 bits per heavy atom. The van der Waals surface area contributed by atoms with Crippen molar-refractivity contribution in [2.24, 2.45) is 5.41 Å². The third-order valence-corrected chi connectivity index (χ3v) is 4.47.